The molecule has 0 aliphatic heterocycles. The van der Waals surface area contributed by atoms with Gasteiger partial charge in [-0.15, -0.1) is 5.10 Å². The fraction of sp³-hybridized carbons (Fsp3) is 0.333. The highest BCUT2D eigenvalue weighted by molar-refractivity contribution is 5.71. The van der Waals surface area contributed by atoms with E-state index in [4.69, 9.17) is 21.7 Å². The third kappa shape index (κ3) is 5.77. The van der Waals surface area contributed by atoms with Gasteiger partial charge >= 0.3 is 6.01 Å². The first-order valence-electron chi connectivity index (χ1n) is 9.12. The molecule has 29 heavy (non-hydrogen) atoms. The molecule has 3 aromatic heterocycles. The van der Waals surface area contributed by atoms with Crippen LogP contribution in [0, 0.1) is 0 Å². The number of nitrogens with zero attached hydrogens (tertiary/aromatic N) is 5. The summed E-state index contributed by atoms with van der Waals surface area (Å²) in [5.74, 6) is 6.98. The maximum atomic E-state index is 10.4. The molecule has 3 aromatic rings. The smallest absolute Gasteiger partial charge is 0.312 e. The van der Waals surface area contributed by atoms with Crippen LogP contribution in [0.3, 0.4) is 0 Å². The largest absolute Gasteiger partial charge is 0.407 e. The van der Waals surface area contributed by atoms with Crippen LogP contribution in [-0.2, 0) is 17.9 Å². The standard InChI is InChI=1S/C14H17N5O.C4H8N4O/c15-12(9-20)6-19(16)8-13-7-18-5-11(10-1-2-10)3-4-14(18)17-13;1-6-2-3-7-8-4(5)9-3/h3-7,9-10H,1-2,8,15-16H2;6H,2H2,1H3,(H2,5,8)/b12-6-;. The number of pyridine rings is 1. The maximum absolute atomic E-state index is 10.4. The average molecular weight is 399 g/mol. The molecule has 0 saturated heterocycles. The molecule has 1 fully saturated rings. The summed E-state index contributed by atoms with van der Waals surface area (Å²) in [5, 5.41) is 11.3. The van der Waals surface area contributed by atoms with E-state index in [0.717, 1.165) is 11.3 Å². The number of carbonyl (C=O) groups is 1. The number of fused-ring (bicyclic) bond motifs is 1. The highest BCUT2D eigenvalue weighted by Gasteiger charge is 2.23. The summed E-state index contributed by atoms with van der Waals surface area (Å²) in [6.45, 7) is 0.958. The number of allylic oxidation sites excluding steroid dienone is 1. The predicted molar refractivity (Wildman–Crippen MR) is 107 cm³/mol. The molecule has 0 bridgehead atoms. The van der Waals surface area contributed by atoms with Crippen LogP contribution in [0.4, 0.5) is 6.01 Å². The van der Waals surface area contributed by atoms with Crippen molar-refractivity contribution in [2.75, 3.05) is 12.8 Å². The zero-order valence-electron chi connectivity index (χ0n) is 16.2. The number of nitrogens with one attached hydrogen (secondary N) is 1. The second-order valence-electron chi connectivity index (χ2n) is 6.72. The van der Waals surface area contributed by atoms with E-state index < -0.39 is 0 Å². The normalized spacial score (nSPS) is 13.8. The van der Waals surface area contributed by atoms with E-state index in [1.807, 2.05) is 16.7 Å². The van der Waals surface area contributed by atoms with E-state index in [1.54, 1.807) is 7.05 Å². The Morgan fingerprint density at radius 3 is 2.79 bits per heavy atom. The van der Waals surface area contributed by atoms with E-state index in [0.29, 0.717) is 31.2 Å². The third-order valence-corrected chi connectivity index (χ3v) is 4.18. The zero-order chi connectivity index (χ0) is 20.8. The number of carbonyl (C=O) groups excluding carboxylic acids is 1. The molecule has 1 aliphatic carbocycles. The molecule has 0 amide bonds. The second-order valence-corrected chi connectivity index (χ2v) is 6.72. The summed E-state index contributed by atoms with van der Waals surface area (Å²) in [6, 6.07) is 4.27. The van der Waals surface area contributed by atoms with Crippen LogP contribution in [-0.4, -0.2) is 37.9 Å². The van der Waals surface area contributed by atoms with Gasteiger partial charge in [0.15, 0.2) is 6.29 Å². The number of nitrogen functional groups attached to an aromatic ring is 1. The van der Waals surface area contributed by atoms with Gasteiger partial charge in [-0.1, -0.05) is 11.2 Å². The third-order valence-electron chi connectivity index (χ3n) is 4.18. The van der Waals surface area contributed by atoms with Crippen molar-refractivity contribution in [2.24, 2.45) is 11.6 Å². The van der Waals surface area contributed by atoms with Crippen molar-refractivity contribution >= 4 is 17.9 Å². The molecule has 1 aliphatic rings. The quantitative estimate of drug-likeness (QED) is 0.187. The van der Waals surface area contributed by atoms with E-state index in [2.05, 4.69) is 32.8 Å². The molecule has 0 aromatic carbocycles. The molecule has 0 radical (unpaired) electrons. The molecule has 0 spiro atoms. The van der Waals surface area contributed by atoms with Crippen LogP contribution < -0.4 is 22.6 Å². The lowest BCUT2D eigenvalue weighted by Crippen LogP contribution is -2.26. The molecule has 0 unspecified atom stereocenters. The van der Waals surface area contributed by atoms with E-state index in [1.165, 1.54) is 29.6 Å². The summed E-state index contributed by atoms with van der Waals surface area (Å²) in [6.07, 6.45) is 8.59. The van der Waals surface area contributed by atoms with Gasteiger partial charge in [0, 0.05) is 18.6 Å². The summed E-state index contributed by atoms with van der Waals surface area (Å²) < 4.78 is 6.83. The molecule has 11 heteroatoms. The number of hydrazine groups is 1. The van der Waals surface area contributed by atoms with Gasteiger partial charge in [0.25, 0.3) is 0 Å². The number of rotatable bonds is 7. The molecular formula is C18H25N9O2. The maximum Gasteiger partial charge on any atom is 0.312 e. The number of aromatic nitrogens is 4. The van der Waals surface area contributed by atoms with Crippen LogP contribution in [0.2, 0.25) is 0 Å². The van der Waals surface area contributed by atoms with Gasteiger partial charge in [0.05, 0.1) is 24.5 Å². The van der Waals surface area contributed by atoms with E-state index in [9.17, 15) is 4.79 Å². The van der Waals surface area contributed by atoms with Crippen LogP contribution in [0.5, 0.6) is 0 Å². The predicted octanol–water partition coefficient (Wildman–Crippen LogP) is 0.258. The summed E-state index contributed by atoms with van der Waals surface area (Å²) in [5.41, 5.74) is 13.7. The summed E-state index contributed by atoms with van der Waals surface area (Å²) in [7, 11) is 1.79. The first kappa shape index (κ1) is 20.3. The van der Waals surface area contributed by atoms with Gasteiger partial charge in [-0.2, -0.15) is 0 Å². The Hall–Kier alpha value is -3.44. The molecular weight excluding hydrogens is 374 g/mol. The van der Waals surface area contributed by atoms with Crippen LogP contribution >= 0.6 is 0 Å². The average Bonchev–Trinajstić information content (AvgIpc) is 3.35. The zero-order valence-corrected chi connectivity index (χ0v) is 16.2. The van der Waals surface area contributed by atoms with Crippen molar-refractivity contribution in [3.05, 3.63) is 53.6 Å². The van der Waals surface area contributed by atoms with Crippen molar-refractivity contribution in [1.82, 2.24) is 29.9 Å². The van der Waals surface area contributed by atoms with Gasteiger partial charge in [0.1, 0.15) is 5.65 Å². The molecule has 7 N–H and O–H groups in total. The minimum atomic E-state index is 0.0901. The Bertz CT molecular complexity index is 990. The molecule has 4 rings (SSSR count). The lowest BCUT2D eigenvalue weighted by atomic mass is 10.2. The van der Waals surface area contributed by atoms with E-state index >= 15 is 0 Å². The van der Waals surface area contributed by atoms with Crippen LogP contribution in [0.15, 0.2) is 40.8 Å². The summed E-state index contributed by atoms with van der Waals surface area (Å²) >= 11 is 0. The lowest BCUT2D eigenvalue weighted by molar-refractivity contribution is -0.105. The fourth-order valence-electron chi connectivity index (χ4n) is 2.74. The monoisotopic (exact) mass is 399 g/mol. The minimum absolute atomic E-state index is 0.0901. The Kier molecular flexibility index (Phi) is 6.42. The van der Waals surface area contributed by atoms with Crippen LogP contribution in [0.25, 0.3) is 5.65 Å². The Balaban J connectivity index is 0.000000224. The van der Waals surface area contributed by atoms with Crippen LogP contribution in [0.1, 0.15) is 35.9 Å². The highest BCUT2D eigenvalue weighted by Crippen LogP contribution is 2.39. The number of nitrogens with two attached hydrogens (primary N) is 3. The van der Waals surface area contributed by atoms with Crippen molar-refractivity contribution in [3.8, 4) is 0 Å². The van der Waals surface area contributed by atoms with Crippen molar-refractivity contribution in [2.45, 2.75) is 31.8 Å². The van der Waals surface area contributed by atoms with Gasteiger partial charge < -0.3 is 30.6 Å². The molecule has 0 atom stereocenters. The molecule has 3 heterocycles. The van der Waals surface area contributed by atoms with Gasteiger partial charge in [-0.25, -0.2) is 10.8 Å². The Morgan fingerprint density at radius 1 is 1.38 bits per heavy atom. The van der Waals surface area contributed by atoms with Gasteiger partial charge in [-0.3, -0.25) is 4.79 Å². The van der Waals surface area contributed by atoms with Gasteiger partial charge in [0.2, 0.25) is 5.89 Å². The Morgan fingerprint density at radius 2 is 2.17 bits per heavy atom. The van der Waals surface area contributed by atoms with E-state index in [-0.39, 0.29) is 11.7 Å². The minimum Gasteiger partial charge on any atom is -0.407 e. The van der Waals surface area contributed by atoms with Crippen molar-refractivity contribution in [3.63, 3.8) is 0 Å². The lowest BCUT2D eigenvalue weighted by Gasteiger charge is -2.11. The highest BCUT2D eigenvalue weighted by atomic mass is 16.4. The first-order chi connectivity index (χ1) is 14.0. The SMILES string of the molecule is CNCc1nnc(N)o1.N/C(C=O)=C\N(N)Cc1cn2cc(C3CC3)ccc2n1. The molecule has 11 nitrogen and oxygen atoms in total. The first-order valence-corrected chi connectivity index (χ1v) is 9.12. The number of aldehydes is 1. The fourth-order valence-corrected chi connectivity index (χ4v) is 2.74. The topological polar surface area (TPSA) is 167 Å². The number of anilines is 1. The number of imidazole rings is 1. The second kappa shape index (κ2) is 9.17. The van der Waals surface area contributed by atoms with Crippen molar-refractivity contribution < 1.29 is 9.21 Å². The number of hydrogen-bond acceptors (Lipinski definition) is 10. The van der Waals surface area contributed by atoms with Gasteiger partial charge in [-0.05, 0) is 37.4 Å². The number of hydrogen-bond donors (Lipinski definition) is 4. The Labute approximate surface area is 167 Å². The molecule has 1 saturated carbocycles. The summed E-state index contributed by atoms with van der Waals surface area (Å²) in [4.78, 5) is 14.9. The molecule has 154 valence electrons. The van der Waals surface area contributed by atoms with Crippen molar-refractivity contribution in [1.29, 1.82) is 0 Å².